The standard InChI is InChI=1S/C22H22F2N6O3S/c1-11(9-32-3)33-17-8-27-15(7-28-17)19(31)29-12-4-13(18(24)14(23)5-12)21(2)16-6-22(16,10-25)34-20(26)30-21/h4-5,7-8,11,16H,6,9H2,1-3H3,(H2,26,30)(H,29,31)/t11-,16-,21-,22+/m0/s1. The van der Waals surface area contributed by atoms with Gasteiger partial charge >= 0.3 is 0 Å². The highest BCUT2D eigenvalue weighted by molar-refractivity contribution is 8.15. The summed E-state index contributed by atoms with van der Waals surface area (Å²) < 4.78 is 39.1. The molecule has 1 amide bonds. The van der Waals surface area contributed by atoms with Gasteiger partial charge in [0.25, 0.3) is 5.91 Å². The molecule has 2 aliphatic rings. The molecule has 0 spiro atoms. The molecule has 1 aliphatic heterocycles. The van der Waals surface area contributed by atoms with Gasteiger partial charge in [-0.1, -0.05) is 11.8 Å². The number of nitrogens with two attached hydrogens (primary N) is 1. The number of nitriles is 1. The second-order valence-corrected chi connectivity index (χ2v) is 9.71. The van der Waals surface area contributed by atoms with E-state index in [0.717, 1.165) is 17.8 Å². The molecule has 0 unspecified atom stereocenters. The minimum absolute atomic E-state index is 0.00572. The van der Waals surface area contributed by atoms with Crippen molar-refractivity contribution in [3.8, 4) is 11.9 Å². The van der Waals surface area contributed by atoms with E-state index in [9.17, 15) is 18.8 Å². The number of benzene rings is 1. The number of nitrogens with one attached hydrogen (secondary N) is 1. The first-order valence-electron chi connectivity index (χ1n) is 10.4. The first-order valence-corrected chi connectivity index (χ1v) is 11.2. The summed E-state index contributed by atoms with van der Waals surface area (Å²) >= 11 is 1.14. The fourth-order valence-electron chi connectivity index (χ4n) is 4.11. The molecule has 12 heteroatoms. The van der Waals surface area contributed by atoms with Crippen molar-refractivity contribution in [2.24, 2.45) is 16.6 Å². The van der Waals surface area contributed by atoms with E-state index in [1.54, 1.807) is 21.0 Å². The van der Waals surface area contributed by atoms with Crippen molar-refractivity contribution in [1.82, 2.24) is 9.97 Å². The Bertz CT molecular complexity index is 1200. The molecule has 4 atom stereocenters. The van der Waals surface area contributed by atoms with Gasteiger partial charge in [0.1, 0.15) is 16.5 Å². The Hall–Kier alpha value is -3.30. The third kappa shape index (κ3) is 4.28. The molecule has 1 aliphatic carbocycles. The summed E-state index contributed by atoms with van der Waals surface area (Å²) in [5.41, 5.74) is 4.52. The number of hydrogen-bond donors (Lipinski definition) is 2. The average molecular weight is 489 g/mol. The Balaban J connectivity index is 1.57. The minimum Gasteiger partial charge on any atom is -0.471 e. The number of aliphatic imine (C=N–C) groups is 1. The lowest BCUT2D eigenvalue weighted by molar-refractivity contribution is 0.0885. The highest BCUT2D eigenvalue weighted by Gasteiger charge is 2.67. The summed E-state index contributed by atoms with van der Waals surface area (Å²) in [6, 6.07) is 4.39. The summed E-state index contributed by atoms with van der Waals surface area (Å²) in [5.74, 6) is -3.08. The van der Waals surface area contributed by atoms with E-state index < -0.39 is 27.8 Å². The van der Waals surface area contributed by atoms with Crippen LogP contribution in [0.4, 0.5) is 14.5 Å². The van der Waals surface area contributed by atoms with Gasteiger partial charge in [0, 0.05) is 30.3 Å². The van der Waals surface area contributed by atoms with Crippen molar-refractivity contribution < 1.29 is 23.0 Å². The van der Waals surface area contributed by atoms with Gasteiger partial charge in [-0.25, -0.2) is 18.7 Å². The van der Waals surface area contributed by atoms with Gasteiger partial charge in [-0.15, -0.1) is 0 Å². The van der Waals surface area contributed by atoms with Crippen molar-refractivity contribution in [3.05, 3.63) is 47.4 Å². The number of nitrogens with zero attached hydrogens (tertiary/aromatic N) is 4. The fraction of sp³-hybridized carbons (Fsp3) is 0.409. The third-order valence-electron chi connectivity index (χ3n) is 5.82. The molecule has 2 heterocycles. The van der Waals surface area contributed by atoms with Crippen LogP contribution in [0.1, 0.15) is 36.3 Å². The number of carbonyl (C=O) groups is 1. The van der Waals surface area contributed by atoms with Gasteiger partial charge in [0.2, 0.25) is 5.88 Å². The molecule has 0 radical (unpaired) electrons. The number of amides is 1. The molecule has 1 aromatic heterocycles. The van der Waals surface area contributed by atoms with Crippen LogP contribution in [0.15, 0.2) is 29.5 Å². The lowest BCUT2D eigenvalue weighted by Crippen LogP contribution is -2.35. The van der Waals surface area contributed by atoms with Gasteiger partial charge < -0.3 is 20.5 Å². The molecule has 1 aromatic carbocycles. The molecule has 1 fully saturated rings. The highest BCUT2D eigenvalue weighted by Crippen LogP contribution is 2.65. The van der Waals surface area contributed by atoms with Gasteiger partial charge in [-0.2, -0.15) is 5.26 Å². The number of halogens is 2. The van der Waals surface area contributed by atoms with E-state index in [2.05, 4.69) is 26.3 Å². The minimum atomic E-state index is -1.26. The molecular weight excluding hydrogens is 466 g/mol. The van der Waals surface area contributed by atoms with Gasteiger partial charge in [-0.3, -0.25) is 9.79 Å². The second kappa shape index (κ2) is 8.81. The van der Waals surface area contributed by atoms with Crippen molar-refractivity contribution in [3.63, 3.8) is 0 Å². The number of ether oxygens (including phenoxy) is 2. The largest absolute Gasteiger partial charge is 0.471 e. The molecule has 9 nitrogen and oxygen atoms in total. The topological polar surface area (TPSA) is 136 Å². The predicted molar refractivity (Wildman–Crippen MR) is 121 cm³/mol. The number of methoxy groups -OCH3 is 1. The van der Waals surface area contributed by atoms with Crippen LogP contribution in [0.2, 0.25) is 0 Å². The fourth-order valence-corrected chi connectivity index (χ4v) is 5.39. The summed E-state index contributed by atoms with van der Waals surface area (Å²) in [6.45, 7) is 3.76. The van der Waals surface area contributed by atoms with E-state index in [1.165, 1.54) is 18.5 Å². The third-order valence-corrected chi connectivity index (χ3v) is 7.03. The Labute approximate surface area is 198 Å². The van der Waals surface area contributed by atoms with Crippen molar-refractivity contribution in [1.29, 1.82) is 5.26 Å². The Morgan fingerprint density at radius 1 is 1.41 bits per heavy atom. The maximum Gasteiger partial charge on any atom is 0.275 e. The van der Waals surface area contributed by atoms with Crippen LogP contribution < -0.4 is 15.8 Å². The number of thioether (sulfide) groups is 1. The quantitative estimate of drug-likeness (QED) is 0.607. The number of carbonyl (C=O) groups excluding carboxylic acids is 1. The molecule has 4 rings (SSSR count). The summed E-state index contributed by atoms with van der Waals surface area (Å²) in [5, 5.41) is 12.2. The Morgan fingerprint density at radius 2 is 2.18 bits per heavy atom. The number of hydrogen-bond acceptors (Lipinski definition) is 9. The SMILES string of the molecule is COC[C@H](C)Oc1cnc(C(=O)Nc2cc(F)c(F)c([C@]3(C)N=C(N)S[C@@]4(C#N)C[C@@H]34)c2)cn1. The van der Waals surface area contributed by atoms with Crippen LogP contribution in [0.3, 0.4) is 0 Å². The zero-order chi connectivity index (χ0) is 24.7. The van der Waals surface area contributed by atoms with Crippen LogP contribution in [-0.4, -0.2) is 45.6 Å². The monoisotopic (exact) mass is 488 g/mol. The van der Waals surface area contributed by atoms with Gasteiger partial charge in [-0.05, 0) is 26.3 Å². The zero-order valence-corrected chi connectivity index (χ0v) is 19.4. The Kier molecular flexibility index (Phi) is 6.18. The van der Waals surface area contributed by atoms with E-state index >= 15 is 0 Å². The number of amidine groups is 1. The first kappa shape index (κ1) is 23.8. The van der Waals surface area contributed by atoms with Gasteiger partial charge in [0.05, 0.1) is 30.6 Å². The lowest BCUT2D eigenvalue weighted by atomic mass is 9.85. The maximum absolute atomic E-state index is 14.9. The smallest absolute Gasteiger partial charge is 0.275 e. The van der Waals surface area contributed by atoms with Crippen LogP contribution in [0.5, 0.6) is 5.88 Å². The van der Waals surface area contributed by atoms with Crippen molar-refractivity contribution >= 4 is 28.5 Å². The average Bonchev–Trinajstić information content (AvgIpc) is 3.52. The number of aromatic nitrogens is 2. The normalized spacial score (nSPS) is 26.0. The molecule has 0 saturated heterocycles. The number of anilines is 1. The lowest BCUT2D eigenvalue weighted by Gasteiger charge is -2.32. The van der Waals surface area contributed by atoms with Crippen LogP contribution in [-0.2, 0) is 10.3 Å². The van der Waals surface area contributed by atoms with Gasteiger partial charge in [0.15, 0.2) is 16.8 Å². The van der Waals surface area contributed by atoms with E-state index in [1.807, 2.05) is 0 Å². The van der Waals surface area contributed by atoms with Crippen LogP contribution in [0.25, 0.3) is 0 Å². The molecule has 3 N–H and O–H groups in total. The maximum atomic E-state index is 14.9. The first-order chi connectivity index (χ1) is 16.1. The Morgan fingerprint density at radius 3 is 2.82 bits per heavy atom. The predicted octanol–water partition coefficient (Wildman–Crippen LogP) is 2.98. The highest BCUT2D eigenvalue weighted by atomic mass is 32.2. The second-order valence-electron chi connectivity index (χ2n) is 8.36. The summed E-state index contributed by atoms with van der Waals surface area (Å²) in [4.78, 5) is 25.1. The van der Waals surface area contributed by atoms with E-state index in [-0.39, 0.29) is 40.0 Å². The molecule has 2 aromatic rings. The molecule has 34 heavy (non-hydrogen) atoms. The molecular formula is C22H22F2N6O3S. The van der Waals surface area contributed by atoms with E-state index in [0.29, 0.717) is 13.0 Å². The number of rotatable bonds is 7. The van der Waals surface area contributed by atoms with Crippen LogP contribution >= 0.6 is 11.8 Å². The van der Waals surface area contributed by atoms with E-state index in [4.69, 9.17) is 15.2 Å². The molecule has 1 saturated carbocycles. The van der Waals surface area contributed by atoms with Crippen molar-refractivity contribution in [2.75, 3.05) is 19.0 Å². The van der Waals surface area contributed by atoms with Crippen LogP contribution in [0, 0.1) is 28.9 Å². The summed E-state index contributed by atoms with van der Waals surface area (Å²) in [7, 11) is 1.54. The zero-order valence-electron chi connectivity index (χ0n) is 18.6. The molecule has 0 bridgehead atoms. The number of fused-ring (bicyclic) bond motifs is 1. The van der Waals surface area contributed by atoms with Crippen molar-refractivity contribution in [2.45, 2.75) is 36.7 Å². The summed E-state index contributed by atoms with van der Waals surface area (Å²) in [6.07, 6.45) is 2.67. The molecule has 178 valence electrons.